The molecule has 2 aliphatic rings. The molecule has 0 aromatic heterocycles. The summed E-state index contributed by atoms with van der Waals surface area (Å²) in [6.07, 6.45) is 4.36. The summed E-state index contributed by atoms with van der Waals surface area (Å²) in [4.78, 5) is 29.6. The van der Waals surface area contributed by atoms with Crippen molar-refractivity contribution in [2.45, 2.75) is 51.8 Å². The second kappa shape index (κ2) is 9.17. The summed E-state index contributed by atoms with van der Waals surface area (Å²) >= 11 is 5.89. The number of amides is 2. The van der Waals surface area contributed by atoms with Gasteiger partial charge in [0.25, 0.3) is 5.91 Å². The molecule has 6 heteroatoms. The van der Waals surface area contributed by atoms with Crippen LogP contribution in [0.25, 0.3) is 0 Å². The number of hydrogen-bond acceptors (Lipinski definition) is 3. The van der Waals surface area contributed by atoms with Gasteiger partial charge in [-0.25, -0.2) is 0 Å². The average Bonchev–Trinajstić information content (AvgIpc) is 2.68. The van der Waals surface area contributed by atoms with Crippen molar-refractivity contribution < 1.29 is 9.59 Å². The highest BCUT2D eigenvalue weighted by Gasteiger charge is 2.27. The van der Waals surface area contributed by atoms with Gasteiger partial charge in [-0.1, -0.05) is 13.8 Å². The first-order chi connectivity index (χ1) is 13.3. The Bertz CT molecular complexity index is 706. The zero-order chi connectivity index (χ0) is 20.3. The van der Waals surface area contributed by atoms with Crippen LogP contribution in [0.1, 0.15) is 56.8 Å². The molecule has 1 atom stereocenters. The van der Waals surface area contributed by atoms with Crippen LogP contribution in [-0.2, 0) is 4.79 Å². The number of likely N-dealkylation sites (tertiary alicyclic amines) is 1. The molecule has 1 aromatic carbocycles. The first-order valence-electron chi connectivity index (χ1n) is 10.5. The highest BCUT2D eigenvalue weighted by molar-refractivity contribution is 6.32. The summed E-state index contributed by atoms with van der Waals surface area (Å²) in [5.41, 5.74) is 2.29. The molecule has 0 aliphatic carbocycles. The molecule has 28 heavy (non-hydrogen) atoms. The van der Waals surface area contributed by atoms with Gasteiger partial charge in [-0.3, -0.25) is 9.59 Å². The summed E-state index contributed by atoms with van der Waals surface area (Å²) in [6, 6.07) is 5.68. The Morgan fingerprint density at radius 3 is 2.18 bits per heavy atom. The highest BCUT2D eigenvalue weighted by atomic mass is 35.5. The molecular weight excluding hydrogens is 374 g/mol. The summed E-state index contributed by atoms with van der Waals surface area (Å²) in [5.74, 6) is 1.20. The SMILES string of the molecule is CC1CCN(C(=O)c2cc(NC(=O)[C@H](C)Cl)ccc2N2CCC(C)CC2)CC1. The molecule has 5 nitrogen and oxygen atoms in total. The number of nitrogens with zero attached hydrogens (tertiary/aromatic N) is 2. The first kappa shape index (κ1) is 21.0. The molecular formula is C22H32ClN3O2. The first-order valence-corrected chi connectivity index (χ1v) is 10.9. The van der Waals surface area contributed by atoms with Gasteiger partial charge in [0.1, 0.15) is 5.38 Å². The van der Waals surface area contributed by atoms with Crippen molar-refractivity contribution >= 4 is 34.8 Å². The van der Waals surface area contributed by atoms with E-state index in [1.807, 2.05) is 23.1 Å². The van der Waals surface area contributed by atoms with Crippen LogP contribution >= 0.6 is 11.6 Å². The van der Waals surface area contributed by atoms with E-state index in [-0.39, 0.29) is 11.8 Å². The van der Waals surface area contributed by atoms with E-state index in [4.69, 9.17) is 11.6 Å². The summed E-state index contributed by atoms with van der Waals surface area (Å²) < 4.78 is 0. The van der Waals surface area contributed by atoms with Gasteiger partial charge in [-0.05, 0) is 62.6 Å². The second-order valence-corrected chi connectivity index (χ2v) is 9.14. The lowest BCUT2D eigenvalue weighted by atomic mass is 9.96. The lowest BCUT2D eigenvalue weighted by Gasteiger charge is -2.35. The minimum Gasteiger partial charge on any atom is -0.371 e. The van der Waals surface area contributed by atoms with Crippen LogP contribution in [0.4, 0.5) is 11.4 Å². The third-order valence-corrected chi connectivity index (χ3v) is 6.25. The number of carbonyl (C=O) groups is 2. The van der Waals surface area contributed by atoms with E-state index in [2.05, 4.69) is 24.1 Å². The molecule has 2 amide bonds. The number of carbonyl (C=O) groups excluding carboxylic acids is 2. The zero-order valence-corrected chi connectivity index (χ0v) is 18.0. The molecule has 1 N–H and O–H groups in total. The van der Waals surface area contributed by atoms with Gasteiger partial charge < -0.3 is 15.1 Å². The standard InChI is InChI=1S/C22H32ClN3O2/c1-15-6-10-25(11-7-15)20-5-4-18(24-21(27)17(3)23)14-19(20)22(28)26-12-8-16(2)9-13-26/h4-5,14-17H,6-13H2,1-3H3,(H,24,27)/t17-/m0/s1. The predicted octanol–water partition coefficient (Wildman–Crippen LogP) is 4.36. The normalized spacial score (nSPS) is 20.1. The number of halogens is 1. The molecule has 2 saturated heterocycles. The van der Waals surface area contributed by atoms with Crippen LogP contribution in [0, 0.1) is 11.8 Å². The number of rotatable bonds is 4. The largest absolute Gasteiger partial charge is 0.371 e. The summed E-state index contributed by atoms with van der Waals surface area (Å²) in [5, 5.41) is 2.20. The number of alkyl halides is 1. The lowest BCUT2D eigenvalue weighted by molar-refractivity contribution is -0.115. The Hall–Kier alpha value is -1.75. The van der Waals surface area contributed by atoms with E-state index >= 15 is 0 Å². The van der Waals surface area contributed by atoms with E-state index in [0.29, 0.717) is 17.2 Å². The van der Waals surface area contributed by atoms with Crippen molar-refractivity contribution in [3.63, 3.8) is 0 Å². The Balaban J connectivity index is 1.87. The van der Waals surface area contributed by atoms with Crippen molar-refractivity contribution in [3.05, 3.63) is 23.8 Å². The fraction of sp³-hybridized carbons (Fsp3) is 0.636. The Morgan fingerprint density at radius 1 is 1.04 bits per heavy atom. The van der Waals surface area contributed by atoms with Gasteiger partial charge in [0.15, 0.2) is 0 Å². The molecule has 0 bridgehead atoms. The predicted molar refractivity (Wildman–Crippen MR) is 115 cm³/mol. The summed E-state index contributed by atoms with van der Waals surface area (Å²) in [7, 11) is 0. The fourth-order valence-electron chi connectivity index (χ4n) is 3.93. The van der Waals surface area contributed by atoms with Gasteiger partial charge in [0, 0.05) is 37.6 Å². The molecule has 0 unspecified atom stereocenters. The van der Waals surface area contributed by atoms with E-state index < -0.39 is 5.38 Å². The molecule has 2 fully saturated rings. The van der Waals surface area contributed by atoms with E-state index in [0.717, 1.165) is 63.5 Å². The Morgan fingerprint density at radius 2 is 1.61 bits per heavy atom. The van der Waals surface area contributed by atoms with Crippen LogP contribution in [0.5, 0.6) is 0 Å². The minimum absolute atomic E-state index is 0.0653. The van der Waals surface area contributed by atoms with Crippen molar-refractivity contribution in [1.29, 1.82) is 0 Å². The second-order valence-electron chi connectivity index (χ2n) is 8.48. The quantitative estimate of drug-likeness (QED) is 0.757. The van der Waals surface area contributed by atoms with Gasteiger partial charge >= 0.3 is 0 Å². The lowest BCUT2D eigenvalue weighted by Crippen LogP contribution is -2.40. The minimum atomic E-state index is -0.619. The molecule has 0 spiro atoms. The molecule has 3 rings (SSSR count). The third kappa shape index (κ3) is 4.99. The zero-order valence-electron chi connectivity index (χ0n) is 17.2. The maximum absolute atomic E-state index is 13.4. The van der Waals surface area contributed by atoms with E-state index in [1.165, 1.54) is 0 Å². The molecule has 154 valence electrons. The number of anilines is 2. The molecule has 2 heterocycles. The number of benzene rings is 1. The van der Waals surface area contributed by atoms with Crippen molar-refractivity contribution in [3.8, 4) is 0 Å². The van der Waals surface area contributed by atoms with Gasteiger partial charge in [0.05, 0.1) is 5.56 Å². The molecule has 2 aliphatic heterocycles. The van der Waals surface area contributed by atoms with Crippen LogP contribution < -0.4 is 10.2 Å². The van der Waals surface area contributed by atoms with Crippen molar-refractivity contribution in [2.24, 2.45) is 11.8 Å². The van der Waals surface area contributed by atoms with Gasteiger partial charge in [0.2, 0.25) is 5.91 Å². The van der Waals surface area contributed by atoms with Crippen LogP contribution in [-0.4, -0.2) is 48.3 Å². The average molecular weight is 406 g/mol. The maximum atomic E-state index is 13.4. The smallest absolute Gasteiger partial charge is 0.256 e. The summed E-state index contributed by atoms with van der Waals surface area (Å²) in [6.45, 7) is 9.68. The molecule has 0 saturated carbocycles. The van der Waals surface area contributed by atoms with Gasteiger partial charge in [-0.2, -0.15) is 0 Å². The molecule has 0 radical (unpaired) electrons. The molecule has 1 aromatic rings. The Kier molecular flexibility index (Phi) is 6.86. The van der Waals surface area contributed by atoms with Crippen LogP contribution in [0.3, 0.4) is 0 Å². The van der Waals surface area contributed by atoms with Crippen molar-refractivity contribution in [2.75, 3.05) is 36.4 Å². The van der Waals surface area contributed by atoms with Gasteiger partial charge in [-0.15, -0.1) is 11.6 Å². The number of hydrogen-bond donors (Lipinski definition) is 1. The monoisotopic (exact) mass is 405 g/mol. The third-order valence-electron chi connectivity index (χ3n) is 6.05. The van der Waals surface area contributed by atoms with Crippen molar-refractivity contribution in [1.82, 2.24) is 4.90 Å². The number of nitrogens with one attached hydrogen (secondary N) is 1. The van der Waals surface area contributed by atoms with Crippen LogP contribution in [0.15, 0.2) is 18.2 Å². The topological polar surface area (TPSA) is 52.7 Å². The fourth-order valence-corrected chi connectivity index (χ4v) is 3.99. The highest BCUT2D eigenvalue weighted by Crippen LogP contribution is 2.30. The van der Waals surface area contributed by atoms with Crippen LogP contribution in [0.2, 0.25) is 0 Å². The maximum Gasteiger partial charge on any atom is 0.256 e. The Labute approximate surface area is 173 Å². The van der Waals surface area contributed by atoms with E-state index in [1.54, 1.807) is 6.92 Å². The number of piperidine rings is 2. The van der Waals surface area contributed by atoms with E-state index in [9.17, 15) is 9.59 Å².